The van der Waals surface area contributed by atoms with Crippen molar-refractivity contribution in [3.8, 4) is 0 Å². The number of carbonyl (C=O) groups is 6. The molecule has 0 spiro atoms. The van der Waals surface area contributed by atoms with Crippen molar-refractivity contribution in [2.45, 2.75) is 134 Å². The summed E-state index contributed by atoms with van der Waals surface area (Å²) in [6.07, 6.45) is 7.45. The Morgan fingerprint density at radius 2 is 1.63 bits per heavy atom. The summed E-state index contributed by atoms with van der Waals surface area (Å²) in [4.78, 5) is 90.2. The number of Topliss-reactive ketones (excluding diaryl/α,β-unsaturated/α-hetero) is 1. The number of likely N-dealkylation sites (tertiary alicyclic amines) is 1. The van der Waals surface area contributed by atoms with Gasteiger partial charge < -0.3 is 26.2 Å². The second-order valence-electron chi connectivity index (χ2n) is 15.0. The number of ketones is 1. The van der Waals surface area contributed by atoms with E-state index in [9.17, 15) is 37.5 Å². The van der Waals surface area contributed by atoms with Crippen LogP contribution in [0, 0.1) is 17.3 Å². The molecule has 2 bridgehead atoms. The van der Waals surface area contributed by atoms with Crippen molar-refractivity contribution in [2.24, 2.45) is 17.3 Å². The maximum absolute atomic E-state index is 14.5. The number of piperidine rings is 1. The SMILES string of the molecule is CC(C)(C)[C@H](NC(=O)[C@@H](NC(=O)c1cnccn1)C1CCCCC1)C(=O)N1C(C(=O)NC(CC(F)F)C(=O)C(=O)NC2CC2)[C@H]2CC[C@@H]1C2. The molecule has 268 valence electrons. The molecule has 3 aliphatic carbocycles. The van der Waals surface area contributed by atoms with Gasteiger partial charge in [-0.2, -0.15) is 0 Å². The number of nitrogens with zero attached hydrogens (tertiary/aromatic N) is 3. The minimum atomic E-state index is -2.97. The summed E-state index contributed by atoms with van der Waals surface area (Å²) in [5.41, 5.74) is -0.786. The molecule has 0 aromatic carbocycles. The first-order chi connectivity index (χ1) is 23.2. The molecular formula is C34H47F2N7O6. The summed E-state index contributed by atoms with van der Waals surface area (Å²) in [5, 5.41) is 10.6. The largest absolute Gasteiger partial charge is 0.347 e. The van der Waals surface area contributed by atoms with Gasteiger partial charge in [-0.05, 0) is 62.2 Å². The Morgan fingerprint density at radius 3 is 2.24 bits per heavy atom. The lowest BCUT2D eigenvalue weighted by molar-refractivity contribution is -0.149. The third-order valence-corrected chi connectivity index (χ3v) is 10.2. The summed E-state index contributed by atoms with van der Waals surface area (Å²) < 4.78 is 27.1. The molecule has 49 heavy (non-hydrogen) atoms. The second-order valence-corrected chi connectivity index (χ2v) is 15.0. The van der Waals surface area contributed by atoms with Gasteiger partial charge >= 0.3 is 0 Å². The molecule has 1 aromatic heterocycles. The van der Waals surface area contributed by atoms with E-state index in [0.29, 0.717) is 44.9 Å². The molecule has 4 aliphatic rings. The summed E-state index contributed by atoms with van der Waals surface area (Å²) in [5.74, 6) is -5.03. The molecule has 1 saturated heterocycles. The highest BCUT2D eigenvalue weighted by Crippen LogP contribution is 2.44. The summed E-state index contributed by atoms with van der Waals surface area (Å²) >= 11 is 0. The van der Waals surface area contributed by atoms with Gasteiger partial charge in [0.1, 0.15) is 29.9 Å². The number of hydrogen-bond acceptors (Lipinski definition) is 8. The van der Waals surface area contributed by atoms with Crippen LogP contribution in [0.25, 0.3) is 0 Å². The fraction of sp³-hybridized carbons (Fsp3) is 0.706. The van der Waals surface area contributed by atoms with E-state index < -0.39 is 77.7 Å². The van der Waals surface area contributed by atoms with Crippen LogP contribution in [-0.2, 0) is 24.0 Å². The molecule has 1 aliphatic heterocycles. The van der Waals surface area contributed by atoms with Crippen molar-refractivity contribution in [1.82, 2.24) is 36.1 Å². The smallest absolute Gasteiger partial charge is 0.289 e. The molecule has 4 N–H and O–H groups in total. The molecule has 15 heteroatoms. The molecule has 1 aromatic rings. The average molecular weight is 688 g/mol. The first-order valence-corrected chi connectivity index (χ1v) is 17.4. The Balaban J connectivity index is 1.35. The van der Waals surface area contributed by atoms with Gasteiger partial charge in [0.15, 0.2) is 0 Å². The Labute approximate surface area is 284 Å². The number of carbonyl (C=O) groups excluding carboxylic acids is 6. The normalized spacial score (nSPS) is 24.1. The Hall–Kier alpha value is -4.04. The third-order valence-electron chi connectivity index (χ3n) is 10.2. The van der Waals surface area contributed by atoms with Gasteiger partial charge in [-0.15, -0.1) is 0 Å². The van der Waals surface area contributed by atoms with Crippen molar-refractivity contribution in [1.29, 1.82) is 0 Å². The Kier molecular flexibility index (Phi) is 11.3. The van der Waals surface area contributed by atoms with Crippen LogP contribution in [0.15, 0.2) is 18.6 Å². The van der Waals surface area contributed by atoms with E-state index in [2.05, 4.69) is 31.2 Å². The number of rotatable bonds is 13. The molecule has 3 saturated carbocycles. The number of nitrogens with one attached hydrogen (secondary N) is 4. The topological polar surface area (TPSA) is 180 Å². The van der Waals surface area contributed by atoms with Crippen LogP contribution in [0.5, 0.6) is 0 Å². The van der Waals surface area contributed by atoms with Crippen molar-refractivity contribution in [3.63, 3.8) is 0 Å². The van der Waals surface area contributed by atoms with Gasteiger partial charge in [0.05, 0.1) is 6.20 Å². The number of amides is 5. The van der Waals surface area contributed by atoms with E-state index in [0.717, 1.165) is 19.3 Å². The minimum Gasteiger partial charge on any atom is -0.347 e. The van der Waals surface area contributed by atoms with Gasteiger partial charge in [0.25, 0.3) is 11.8 Å². The lowest BCUT2D eigenvalue weighted by Gasteiger charge is -2.41. The van der Waals surface area contributed by atoms with E-state index in [1.165, 1.54) is 23.5 Å². The zero-order valence-corrected chi connectivity index (χ0v) is 28.3. The van der Waals surface area contributed by atoms with Crippen LogP contribution in [0.1, 0.15) is 102 Å². The molecular weight excluding hydrogens is 640 g/mol. The van der Waals surface area contributed by atoms with E-state index in [-0.39, 0.29) is 29.6 Å². The predicted octanol–water partition coefficient (Wildman–Crippen LogP) is 2.05. The first-order valence-electron chi connectivity index (χ1n) is 17.4. The Morgan fingerprint density at radius 1 is 0.918 bits per heavy atom. The zero-order chi connectivity index (χ0) is 35.5. The highest BCUT2D eigenvalue weighted by molar-refractivity contribution is 6.38. The van der Waals surface area contributed by atoms with Gasteiger partial charge in [-0.3, -0.25) is 33.8 Å². The van der Waals surface area contributed by atoms with Crippen molar-refractivity contribution in [3.05, 3.63) is 24.3 Å². The van der Waals surface area contributed by atoms with E-state index >= 15 is 0 Å². The van der Waals surface area contributed by atoms with Crippen molar-refractivity contribution < 1.29 is 37.5 Å². The second kappa shape index (κ2) is 15.2. The van der Waals surface area contributed by atoms with Crippen LogP contribution in [0.2, 0.25) is 0 Å². The molecule has 6 atom stereocenters. The maximum atomic E-state index is 14.5. The fourth-order valence-corrected chi connectivity index (χ4v) is 7.48. The summed E-state index contributed by atoms with van der Waals surface area (Å²) in [6, 6.07) is -5.41. The number of aromatic nitrogens is 2. The van der Waals surface area contributed by atoms with Crippen LogP contribution < -0.4 is 21.3 Å². The summed E-state index contributed by atoms with van der Waals surface area (Å²) in [7, 11) is 0. The third kappa shape index (κ3) is 8.77. The predicted molar refractivity (Wildman–Crippen MR) is 172 cm³/mol. The molecule has 0 radical (unpaired) electrons. The van der Waals surface area contributed by atoms with Crippen LogP contribution in [0.3, 0.4) is 0 Å². The van der Waals surface area contributed by atoms with Crippen LogP contribution in [0.4, 0.5) is 8.78 Å². The van der Waals surface area contributed by atoms with E-state index in [1.807, 2.05) is 0 Å². The highest BCUT2D eigenvalue weighted by Gasteiger charge is 2.54. The molecule has 4 fully saturated rings. The van der Waals surface area contributed by atoms with E-state index in [4.69, 9.17) is 0 Å². The average Bonchev–Trinajstić information content (AvgIpc) is 3.64. The highest BCUT2D eigenvalue weighted by atomic mass is 19.3. The fourth-order valence-electron chi connectivity index (χ4n) is 7.48. The van der Waals surface area contributed by atoms with Crippen molar-refractivity contribution in [2.75, 3.05) is 0 Å². The molecule has 13 nitrogen and oxygen atoms in total. The molecule has 5 amide bonds. The molecule has 5 rings (SSSR count). The number of fused-ring (bicyclic) bond motifs is 2. The van der Waals surface area contributed by atoms with Gasteiger partial charge in [0, 0.05) is 30.9 Å². The molecule has 2 unspecified atom stereocenters. The zero-order valence-electron chi connectivity index (χ0n) is 28.3. The minimum absolute atomic E-state index is 0.0511. The Bertz CT molecular complexity index is 1410. The van der Waals surface area contributed by atoms with Gasteiger partial charge in [-0.25, -0.2) is 13.8 Å². The lowest BCUT2D eigenvalue weighted by atomic mass is 9.81. The van der Waals surface area contributed by atoms with E-state index in [1.54, 1.807) is 20.8 Å². The first kappa shape index (κ1) is 36.2. The van der Waals surface area contributed by atoms with Gasteiger partial charge in [0.2, 0.25) is 29.9 Å². The van der Waals surface area contributed by atoms with Crippen molar-refractivity contribution >= 4 is 35.3 Å². The summed E-state index contributed by atoms with van der Waals surface area (Å²) in [6.45, 7) is 5.34. The quantitative estimate of drug-likeness (QED) is 0.228. The molecule has 2 heterocycles. The lowest BCUT2D eigenvalue weighted by Crippen LogP contribution is -2.64. The van der Waals surface area contributed by atoms with Crippen LogP contribution >= 0.6 is 0 Å². The van der Waals surface area contributed by atoms with Crippen LogP contribution in [-0.4, -0.2) is 92.9 Å². The number of hydrogen-bond donors (Lipinski definition) is 4. The standard InChI is InChI=1S/C34H47F2N7O6/c1-34(2,3)28(42-30(46)25(18-7-5-4-6-8-18)41-29(45)23-17-37-13-14-38-23)33(49)43-21-12-9-19(15-21)26(43)31(47)40-22(16-24(35)36)27(44)32(48)39-20-10-11-20/h13-14,17-22,24-26,28H,4-12,15-16H2,1-3H3,(H,39,48)(H,40,47)(H,41,45)(H,42,46)/t19-,21+,22?,25-,26?,28+/m0/s1. The number of halogens is 2. The number of alkyl halides is 2. The maximum Gasteiger partial charge on any atom is 0.289 e. The van der Waals surface area contributed by atoms with Gasteiger partial charge in [-0.1, -0.05) is 40.0 Å². The monoisotopic (exact) mass is 687 g/mol.